The van der Waals surface area contributed by atoms with E-state index in [9.17, 15) is 4.79 Å². The van der Waals surface area contributed by atoms with Crippen LogP contribution in [0.1, 0.15) is 48.6 Å². The van der Waals surface area contributed by atoms with Crippen molar-refractivity contribution in [2.75, 3.05) is 0 Å². The summed E-state index contributed by atoms with van der Waals surface area (Å²) in [5, 5.41) is 14.0. The first-order valence-corrected chi connectivity index (χ1v) is 6.42. The van der Waals surface area contributed by atoms with Crippen LogP contribution in [0.5, 0.6) is 0 Å². The van der Waals surface area contributed by atoms with Crippen molar-refractivity contribution in [2.45, 2.75) is 45.7 Å². The minimum atomic E-state index is -0.949. The Morgan fingerprint density at radius 1 is 1.69 bits per heavy atom. The maximum atomic E-state index is 10.6. The third-order valence-electron chi connectivity index (χ3n) is 2.36. The molecule has 1 heterocycles. The molecule has 1 rings (SSSR count). The van der Waals surface area contributed by atoms with Crippen LogP contribution in [0.3, 0.4) is 0 Å². The number of unbranched alkanes of at least 4 members (excludes halogenated alkanes) is 1. The summed E-state index contributed by atoms with van der Waals surface area (Å²) in [5.41, 5.74) is 0.811. The number of aromatic nitrogens is 1. The van der Waals surface area contributed by atoms with Gasteiger partial charge in [0.1, 0.15) is 0 Å². The summed E-state index contributed by atoms with van der Waals surface area (Å²) in [5.74, 6) is -0.949. The summed E-state index contributed by atoms with van der Waals surface area (Å²) in [6.07, 6.45) is 3.56. The van der Waals surface area contributed by atoms with Gasteiger partial charge in [0.2, 0.25) is 5.01 Å². The second-order valence-electron chi connectivity index (χ2n) is 3.87. The second kappa shape index (κ2) is 6.60. The Hall–Kier alpha value is -0.940. The van der Waals surface area contributed by atoms with Crippen molar-refractivity contribution in [3.63, 3.8) is 0 Å². The number of rotatable bonds is 7. The Morgan fingerprint density at radius 3 is 3.00 bits per heavy atom. The van der Waals surface area contributed by atoms with Crippen molar-refractivity contribution >= 4 is 17.3 Å². The lowest BCUT2D eigenvalue weighted by Gasteiger charge is -2.11. The van der Waals surface area contributed by atoms with Crippen molar-refractivity contribution in [1.29, 1.82) is 0 Å². The molecule has 1 aromatic rings. The predicted octanol–water partition coefficient (Wildman–Crippen LogP) is 2.51. The van der Waals surface area contributed by atoms with Gasteiger partial charge in [0.25, 0.3) is 0 Å². The summed E-state index contributed by atoms with van der Waals surface area (Å²) < 4.78 is 0. The van der Waals surface area contributed by atoms with Crippen molar-refractivity contribution in [3.05, 3.63) is 16.1 Å². The molecule has 90 valence electrons. The molecule has 0 aromatic carbocycles. The Bertz CT molecular complexity index is 338. The van der Waals surface area contributed by atoms with E-state index >= 15 is 0 Å². The zero-order valence-electron chi connectivity index (χ0n) is 9.69. The van der Waals surface area contributed by atoms with E-state index in [-0.39, 0.29) is 5.01 Å². The minimum Gasteiger partial charge on any atom is -0.476 e. The monoisotopic (exact) mass is 242 g/mol. The van der Waals surface area contributed by atoms with E-state index in [1.165, 1.54) is 24.2 Å². The van der Waals surface area contributed by atoms with Gasteiger partial charge in [0, 0.05) is 18.0 Å². The van der Waals surface area contributed by atoms with Crippen LogP contribution < -0.4 is 5.32 Å². The van der Waals surface area contributed by atoms with E-state index in [0.717, 1.165) is 12.1 Å². The lowest BCUT2D eigenvalue weighted by Crippen LogP contribution is -2.25. The topological polar surface area (TPSA) is 62.2 Å². The smallest absolute Gasteiger partial charge is 0.365 e. The lowest BCUT2D eigenvalue weighted by atomic mass is 10.1. The molecule has 2 N–H and O–H groups in total. The number of aromatic carboxylic acids is 1. The SMILES string of the molecule is CCCCC(C)NCc1csc(C(=O)O)n1. The first-order chi connectivity index (χ1) is 7.63. The first kappa shape index (κ1) is 13.1. The molecular formula is C11H18N2O2S. The molecular weight excluding hydrogens is 224 g/mol. The number of carbonyl (C=O) groups is 1. The van der Waals surface area contributed by atoms with Gasteiger partial charge in [-0.1, -0.05) is 19.8 Å². The van der Waals surface area contributed by atoms with Crippen molar-refractivity contribution in [3.8, 4) is 0 Å². The molecule has 0 saturated heterocycles. The molecule has 0 aliphatic rings. The highest BCUT2D eigenvalue weighted by Gasteiger charge is 2.09. The Labute approximate surface area is 99.7 Å². The summed E-state index contributed by atoms with van der Waals surface area (Å²) in [6.45, 7) is 4.96. The van der Waals surface area contributed by atoms with Crippen LogP contribution in [0, 0.1) is 0 Å². The van der Waals surface area contributed by atoms with Crippen molar-refractivity contribution < 1.29 is 9.90 Å². The Kier molecular flexibility index (Phi) is 5.42. The van der Waals surface area contributed by atoms with Gasteiger partial charge in [-0.05, 0) is 13.3 Å². The molecule has 0 aliphatic heterocycles. The first-order valence-electron chi connectivity index (χ1n) is 5.54. The average Bonchev–Trinajstić information content (AvgIpc) is 2.72. The quantitative estimate of drug-likeness (QED) is 0.771. The molecule has 0 bridgehead atoms. The molecule has 0 radical (unpaired) electrons. The standard InChI is InChI=1S/C11H18N2O2S/c1-3-4-5-8(2)12-6-9-7-16-10(13-9)11(14)15/h7-8,12H,3-6H2,1-2H3,(H,14,15). The zero-order chi connectivity index (χ0) is 12.0. The van der Waals surface area contributed by atoms with Gasteiger partial charge >= 0.3 is 5.97 Å². The molecule has 1 aromatic heterocycles. The maximum Gasteiger partial charge on any atom is 0.365 e. The second-order valence-corrected chi connectivity index (χ2v) is 4.73. The van der Waals surface area contributed by atoms with E-state index in [4.69, 9.17) is 5.11 Å². The molecule has 0 amide bonds. The van der Waals surface area contributed by atoms with E-state index in [0.29, 0.717) is 12.6 Å². The molecule has 1 unspecified atom stereocenters. The van der Waals surface area contributed by atoms with Gasteiger partial charge in [-0.3, -0.25) is 0 Å². The number of nitrogens with zero attached hydrogens (tertiary/aromatic N) is 1. The highest BCUT2D eigenvalue weighted by molar-refractivity contribution is 7.11. The number of carboxylic acid groups (broad SMARTS) is 1. The van der Waals surface area contributed by atoms with E-state index < -0.39 is 5.97 Å². The molecule has 16 heavy (non-hydrogen) atoms. The minimum absolute atomic E-state index is 0.165. The highest BCUT2D eigenvalue weighted by Crippen LogP contribution is 2.10. The van der Waals surface area contributed by atoms with E-state index in [2.05, 4.69) is 24.1 Å². The van der Waals surface area contributed by atoms with Crippen molar-refractivity contribution in [1.82, 2.24) is 10.3 Å². The molecule has 0 fully saturated rings. The van der Waals surface area contributed by atoms with Gasteiger partial charge in [-0.15, -0.1) is 11.3 Å². The fraction of sp³-hybridized carbons (Fsp3) is 0.636. The lowest BCUT2D eigenvalue weighted by molar-refractivity contribution is 0.0696. The zero-order valence-corrected chi connectivity index (χ0v) is 10.5. The number of hydrogen-bond donors (Lipinski definition) is 2. The van der Waals surface area contributed by atoms with Crippen LogP contribution in [-0.2, 0) is 6.54 Å². The molecule has 0 saturated carbocycles. The predicted molar refractivity (Wildman–Crippen MR) is 64.9 cm³/mol. The number of thiazole rings is 1. The van der Waals surface area contributed by atoms with Gasteiger partial charge in [0.05, 0.1) is 5.69 Å². The van der Waals surface area contributed by atoms with Gasteiger partial charge in [-0.25, -0.2) is 9.78 Å². The Morgan fingerprint density at radius 2 is 2.44 bits per heavy atom. The normalized spacial score (nSPS) is 12.6. The molecule has 4 nitrogen and oxygen atoms in total. The fourth-order valence-electron chi connectivity index (χ4n) is 1.38. The molecule has 0 spiro atoms. The maximum absolute atomic E-state index is 10.6. The van der Waals surface area contributed by atoms with E-state index in [1.807, 2.05) is 0 Å². The molecule has 5 heteroatoms. The van der Waals surface area contributed by atoms with Crippen LogP contribution in [0.25, 0.3) is 0 Å². The number of carboxylic acids is 1. The Balaban J connectivity index is 2.33. The van der Waals surface area contributed by atoms with E-state index in [1.54, 1.807) is 5.38 Å². The third kappa shape index (κ3) is 4.28. The van der Waals surface area contributed by atoms with Gasteiger partial charge in [0.15, 0.2) is 0 Å². The number of nitrogens with one attached hydrogen (secondary N) is 1. The van der Waals surface area contributed by atoms with Crippen LogP contribution in [0.15, 0.2) is 5.38 Å². The van der Waals surface area contributed by atoms with Crippen LogP contribution in [0.2, 0.25) is 0 Å². The molecule has 1 atom stereocenters. The van der Waals surface area contributed by atoms with Crippen LogP contribution >= 0.6 is 11.3 Å². The fourth-order valence-corrected chi connectivity index (χ4v) is 2.03. The van der Waals surface area contributed by atoms with Gasteiger partial charge < -0.3 is 10.4 Å². The summed E-state index contributed by atoms with van der Waals surface area (Å²) in [6, 6.07) is 0.454. The number of hydrogen-bond acceptors (Lipinski definition) is 4. The highest BCUT2D eigenvalue weighted by atomic mass is 32.1. The van der Waals surface area contributed by atoms with Crippen LogP contribution in [0.4, 0.5) is 0 Å². The molecule has 0 aliphatic carbocycles. The summed E-state index contributed by atoms with van der Waals surface area (Å²) in [7, 11) is 0. The van der Waals surface area contributed by atoms with Crippen LogP contribution in [-0.4, -0.2) is 22.1 Å². The third-order valence-corrected chi connectivity index (χ3v) is 3.24. The summed E-state index contributed by atoms with van der Waals surface area (Å²) >= 11 is 1.18. The van der Waals surface area contributed by atoms with Gasteiger partial charge in [-0.2, -0.15) is 0 Å². The average molecular weight is 242 g/mol. The summed E-state index contributed by atoms with van der Waals surface area (Å²) in [4.78, 5) is 14.6. The largest absolute Gasteiger partial charge is 0.476 e. The van der Waals surface area contributed by atoms with Crippen molar-refractivity contribution in [2.24, 2.45) is 0 Å².